The SMILES string of the molecule is O=C(Nc1cccc(Br)c1)c1ccc2c(c1)C1C3CCC(C3)C1C(c1ccccc1)N2. The average Bonchev–Trinajstić information content (AvgIpc) is 3.42. The summed E-state index contributed by atoms with van der Waals surface area (Å²) in [7, 11) is 0. The first-order chi connectivity index (χ1) is 15.2. The summed E-state index contributed by atoms with van der Waals surface area (Å²) in [5.74, 6) is 2.62. The minimum Gasteiger partial charge on any atom is -0.378 e. The van der Waals surface area contributed by atoms with Crippen molar-refractivity contribution in [1.29, 1.82) is 0 Å². The number of rotatable bonds is 3. The Morgan fingerprint density at radius 1 is 0.935 bits per heavy atom. The molecular weight excluding hydrogens is 448 g/mol. The number of anilines is 2. The zero-order valence-electron chi connectivity index (χ0n) is 17.2. The molecule has 5 atom stereocenters. The summed E-state index contributed by atoms with van der Waals surface area (Å²) in [5.41, 5.74) is 5.46. The molecule has 3 aliphatic rings. The second-order valence-corrected chi connectivity index (χ2v) is 10.2. The molecule has 2 bridgehead atoms. The number of fused-ring (bicyclic) bond motifs is 7. The molecular formula is C27H25BrN2O. The van der Waals surface area contributed by atoms with Crippen molar-refractivity contribution in [2.75, 3.05) is 10.6 Å². The summed E-state index contributed by atoms with van der Waals surface area (Å²) in [6, 6.07) is 25.2. The van der Waals surface area contributed by atoms with Crippen LogP contribution in [0.3, 0.4) is 0 Å². The molecule has 1 heterocycles. The molecule has 0 aromatic heterocycles. The van der Waals surface area contributed by atoms with E-state index in [1.54, 1.807) is 0 Å². The lowest BCUT2D eigenvalue weighted by Crippen LogP contribution is -2.35. The molecule has 2 saturated carbocycles. The molecule has 3 aromatic rings. The van der Waals surface area contributed by atoms with E-state index in [2.05, 4.69) is 69.0 Å². The van der Waals surface area contributed by atoms with Crippen LogP contribution in [0.1, 0.15) is 52.7 Å². The molecule has 1 aliphatic heterocycles. The number of amides is 1. The van der Waals surface area contributed by atoms with E-state index in [4.69, 9.17) is 0 Å². The Hall–Kier alpha value is -2.59. The van der Waals surface area contributed by atoms with Gasteiger partial charge in [0.25, 0.3) is 5.91 Å². The van der Waals surface area contributed by atoms with E-state index in [1.165, 1.54) is 36.1 Å². The fraction of sp³-hybridized carbons (Fsp3) is 0.296. The van der Waals surface area contributed by atoms with Gasteiger partial charge in [0.15, 0.2) is 0 Å². The highest BCUT2D eigenvalue weighted by Crippen LogP contribution is 2.63. The third-order valence-electron chi connectivity index (χ3n) is 7.59. The summed E-state index contributed by atoms with van der Waals surface area (Å²) in [5, 5.41) is 6.90. The number of nitrogens with one attached hydrogen (secondary N) is 2. The van der Waals surface area contributed by atoms with Crippen molar-refractivity contribution in [2.45, 2.75) is 31.2 Å². The fourth-order valence-corrected chi connectivity index (χ4v) is 6.79. The Bertz CT molecular complexity index is 1140. The molecule has 3 nitrogen and oxygen atoms in total. The van der Waals surface area contributed by atoms with E-state index in [0.717, 1.165) is 27.6 Å². The highest BCUT2D eigenvalue weighted by atomic mass is 79.9. The standard InChI is InChI=1S/C27H25BrN2O/c28-20-7-4-8-21(15-20)29-27(31)19-11-12-23-22(14-19)24-17-9-10-18(13-17)25(24)26(30-23)16-5-2-1-3-6-16/h1-8,11-12,14-15,17-18,24-26,30H,9-10,13H2,(H,29,31). The second-order valence-electron chi connectivity index (χ2n) is 9.24. The quantitative estimate of drug-likeness (QED) is 0.430. The van der Waals surface area contributed by atoms with Crippen LogP contribution in [-0.2, 0) is 0 Å². The van der Waals surface area contributed by atoms with Crippen molar-refractivity contribution < 1.29 is 4.79 Å². The van der Waals surface area contributed by atoms with E-state index in [1.807, 2.05) is 30.3 Å². The predicted molar refractivity (Wildman–Crippen MR) is 128 cm³/mol. The monoisotopic (exact) mass is 472 g/mol. The maximum absolute atomic E-state index is 13.0. The van der Waals surface area contributed by atoms with E-state index in [9.17, 15) is 4.79 Å². The molecule has 2 fully saturated rings. The number of carbonyl (C=O) groups is 1. The Balaban J connectivity index is 1.35. The van der Waals surface area contributed by atoms with Crippen LogP contribution in [0.4, 0.5) is 11.4 Å². The molecule has 2 N–H and O–H groups in total. The smallest absolute Gasteiger partial charge is 0.255 e. The van der Waals surface area contributed by atoms with Crippen molar-refractivity contribution >= 4 is 33.2 Å². The lowest BCUT2D eigenvalue weighted by Gasteiger charge is -2.43. The van der Waals surface area contributed by atoms with E-state index >= 15 is 0 Å². The summed E-state index contributed by atoms with van der Waals surface area (Å²) in [4.78, 5) is 13.0. The molecule has 156 valence electrons. The van der Waals surface area contributed by atoms with E-state index in [-0.39, 0.29) is 5.91 Å². The van der Waals surface area contributed by atoms with Gasteiger partial charge in [-0.2, -0.15) is 0 Å². The maximum Gasteiger partial charge on any atom is 0.255 e. The first-order valence-corrected chi connectivity index (χ1v) is 12.0. The van der Waals surface area contributed by atoms with Gasteiger partial charge in [0.1, 0.15) is 0 Å². The number of hydrogen-bond acceptors (Lipinski definition) is 2. The van der Waals surface area contributed by atoms with E-state index < -0.39 is 0 Å². The maximum atomic E-state index is 13.0. The highest BCUT2D eigenvalue weighted by molar-refractivity contribution is 9.10. The fourth-order valence-electron chi connectivity index (χ4n) is 6.39. The molecule has 0 saturated heterocycles. The van der Waals surface area contributed by atoms with Crippen LogP contribution in [0.25, 0.3) is 0 Å². The number of carbonyl (C=O) groups excluding carboxylic acids is 1. The molecule has 5 unspecified atom stereocenters. The molecule has 3 aromatic carbocycles. The number of halogens is 1. The van der Waals surface area contributed by atoms with Crippen molar-refractivity contribution in [3.05, 3.63) is 94.0 Å². The zero-order chi connectivity index (χ0) is 20.9. The zero-order valence-corrected chi connectivity index (χ0v) is 18.8. The first kappa shape index (κ1) is 19.1. The molecule has 2 aliphatic carbocycles. The number of benzene rings is 3. The Morgan fingerprint density at radius 2 is 1.77 bits per heavy atom. The van der Waals surface area contributed by atoms with Crippen molar-refractivity contribution in [1.82, 2.24) is 0 Å². The van der Waals surface area contributed by atoms with Crippen LogP contribution in [0, 0.1) is 17.8 Å². The summed E-state index contributed by atoms with van der Waals surface area (Å²) < 4.78 is 0.955. The van der Waals surface area contributed by atoms with Gasteiger partial charge in [-0.1, -0.05) is 52.3 Å². The molecule has 0 radical (unpaired) electrons. The van der Waals surface area contributed by atoms with Crippen LogP contribution >= 0.6 is 15.9 Å². The van der Waals surface area contributed by atoms with Crippen LogP contribution in [0.2, 0.25) is 0 Å². The molecule has 6 rings (SSSR count). The normalized spacial score (nSPS) is 27.8. The molecule has 31 heavy (non-hydrogen) atoms. The highest BCUT2D eigenvalue weighted by Gasteiger charge is 2.53. The van der Waals surface area contributed by atoms with Gasteiger partial charge in [-0.25, -0.2) is 0 Å². The summed E-state index contributed by atoms with van der Waals surface area (Å²) in [6.45, 7) is 0. The lowest BCUT2D eigenvalue weighted by atomic mass is 9.68. The summed E-state index contributed by atoms with van der Waals surface area (Å²) in [6.07, 6.45) is 3.99. The third-order valence-corrected chi connectivity index (χ3v) is 8.08. The minimum absolute atomic E-state index is 0.0502. The Morgan fingerprint density at radius 3 is 2.61 bits per heavy atom. The minimum atomic E-state index is -0.0502. The van der Waals surface area contributed by atoms with Gasteiger partial charge < -0.3 is 10.6 Å². The van der Waals surface area contributed by atoms with Crippen molar-refractivity contribution in [3.8, 4) is 0 Å². The molecule has 1 amide bonds. The van der Waals surface area contributed by atoms with Gasteiger partial charge in [0.2, 0.25) is 0 Å². The van der Waals surface area contributed by atoms with Gasteiger partial charge in [-0.15, -0.1) is 0 Å². The Kier molecular flexibility index (Phi) is 4.64. The van der Waals surface area contributed by atoms with Crippen LogP contribution < -0.4 is 10.6 Å². The van der Waals surface area contributed by atoms with Crippen LogP contribution in [0.15, 0.2) is 77.3 Å². The summed E-state index contributed by atoms with van der Waals surface area (Å²) >= 11 is 3.47. The van der Waals surface area contributed by atoms with Crippen LogP contribution in [-0.4, -0.2) is 5.91 Å². The van der Waals surface area contributed by atoms with Crippen molar-refractivity contribution in [2.24, 2.45) is 17.8 Å². The van der Waals surface area contributed by atoms with Crippen molar-refractivity contribution in [3.63, 3.8) is 0 Å². The van der Waals surface area contributed by atoms with Gasteiger partial charge in [-0.05, 0) is 90.5 Å². The Labute approximate surface area is 191 Å². The topological polar surface area (TPSA) is 41.1 Å². The predicted octanol–water partition coefficient (Wildman–Crippen LogP) is 7.00. The molecule has 0 spiro atoms. The van der Waals surface area contributed by atoms with Gasteiger partial charge in [0.05, 0.1) is 6.04 Å². The largest absolute Gasteiger partial charge is 0.378 e. The van der Waals surface area contributed by atoms with Gasteiger partial charge >= 0.3 is 0 Å². The van der Waals surface area contributed by atoms with E-state index in [0.29, 0.717) is 17.9 Å². The average molecular weight is 473 g/mol. The number of hydrogen-bond donors (Lipinski definition) is 2. The second kappa shape index (κ2) is 7.52. The van der Waals surface area contributed by atoms with Gasteiger partial charge in [0, 0.05) is 21.4 Å². The molecule has 4 heteroatoms. The lowest BCUT2D eigenvalue weighted by molar-refractivity contribution is 0.102. The third kappa shape index (κ3) is 3.28. The van der Waals surface area contributed by atoms with Crippen LogP contribution in [0.5, 0.6) is 0 Å². The van der Waals surface area contributed by atoms with Gasteiger partial charge in [-0.3, -0.25) is 4.79 Å². The first-order valence-electron chi connectivity index (χ1n) is 11.2.